The molecule has 2 rings (SSSR count). The van der Waals surface area contributed by atoms with Gasteiger partial charge in [0.2, 0.25) is 5.75 Å². The van der Waals surface area contributed by atoms with E-state index >= 15 is 0 Å². The lowest BCUT2D eigenvalue weighted by atomic mass is 9.91. The van der Waals surface area contributed by atoms with Crippen LogP contribution >= 0.6 is 0 Å². The van der Waals surface area contributed by atoms with Crippen molar-refractivity contribution < 1.29 is 19.0 Å². The van der Waals surface area contributed by atoms with Crippen molar-refractivity contribution in [1.82, 2.24) is 0 Å². The smallest absolute Gasteiger partial charge is 0.204 e. The molecule has 0 aliphatic rings. The molecule has 0 aliphatic carbocycles. The van der Waals surface area contributed by atoms with Crippen molar-refractivity contribution in [3.05, 3.63) is 47.0 Å². The summed E-state index contributed by atoms with van der Waals surface area (Å²) < 4.78 is 16.2. The number of Topliss-reactive ketones (excluding diaryl/α,β-unsaturated/α-hetero) is 1. The standard InChI is InChI=1S/C23H30N2O4/c1-14(2)17(12-15-8-10-18(24)19(13-15)25(3)4)21(26)16-9-11-20(27-5)23(29-7)22(16)28-6/h8-14H,24H2,1-7H3. The first-order chi connectivity index (χ1) is 13.7. The van der Waals surface area contributed by atoms with Gasteiger partial charge in [0.25, 0.3) is 0 Å². The van der Waals surface area contributed by atoms with Crippen molar-refractivity contribution in [2.45, 2.75) is 13.8 Å². The number of hydrogen-bond acceptors (Lipinski definition) is 6. The molecular formula is C23H30N2O4. The van der Waals surface area contributed by atoms with Gasteiger partial charge in [-0.2, -0.15) is 0 Å². The highest BCUT2D eigenvalue weighted by molar-refractivity contribution is 6.13. The van der Waals surface area contributed by atoms with E-state index in [0.717, 1.165) is 11.3 Å². The number of allylic oxidation sites excluding steroid dienone is 1. The predicted octanol–water partition coefficient (Wildman–Crippen LogP) is 4.28. The Balaban J connectivity index is 2.59. The summed E-state index contributed by atoms with van der Waals surface area (Å²) in [6.45, 7) is 3.97. The zero-order valence-electron chi connectivity index (χ0n) is 18.2. The minimum absolute atomic E-state index is 0.000613. The van der Waals surface area contributed by atoms with Crippen LogP contribution in [0.1, 0.15) is 29.8 Å². The zero-order chi connectivity index (χ0) is 21.7. The van der Waals surface area contributed by atoms with Crippen LogP contribution in [0.25, 0.3) is 6.08 Å². The molecule has 0 saturated heterocycles. The third-order valence-corrected chi connectivity index (χ3v) is 4.69. The first-order valence-electron chi connectivity index (χ1n) is 9.37. The molecule has 6 heteroatoms. The van der Waals surface area contributed by atoms with E-state index in [-0.39, 0.29) is 11.7 Å². The Hall–Kier alpha value is -3.15. The van der Waals surface area contributed by atoms with Gasteiger partial charge in [-0.1, -0.05) is 19.9 Å². The molecule has 0 radical (unpaired) electrons. The van der Waals surface area contributed by atoms with Crippen LogP contribution < -0.4 is 24.8 Å². The second-order valence-corrected chi connectivity index (χ2v) is 7.18. The number of carbonyl (C=O) groups excluding carboxylic acids is 1. The number of hydrogen-bond donors (Lipinski definition) is 1. The molecule has 0 unspecified atom stereocenters. The third kappa shape index (κ3) is 4.65. The number of methoxy groups -OCH3 is 3. The topological polar surface area (TPSA) is 74.0 Å². The third-order valence-electron chi connectivity index (χ3n) is 4.69. The van der Waals surface area contributed by atoms with Gasteiger partial charge < -0.3 is 24.8 Å². The Morgan fingerprint density at radius 2 is 1.66 bits per heavy atom. The number of nitrogens with two attached hydrogens (primary N) is 1. The molecule has 2 N–H and O–H groups in total. The fourth-order valence-electron chi connectivity index (χ4n) is 3.15. The summed E-state index contributed by atoms with van der Waals surface area (Å²) >= 11 is 0. The Morgan fingerprint density at radius 3 is 2.17 bits per heavy atom. The molecule has 29 heavy (non-hydrogen) atoms. The molecule has 0 spiro atoms. The van der Waals surface area contributed by atoms with Crippen LogP contribution in [0.3, 0.4) is 0 Å². The summed E-state index contributed by atoms with van der Waals surface area (Å²) in [6, 6.07) is 9.13. The van der Waals surface area contributed by atoms with E-state index in [4.69, 9.17) is 19.9 Å². The maximum atomic E-state index is 13.4. The number of anilines is 2. The monoisotopic (exact) mass is 398 g/mol. The van der Waals surface area contributed by atoms with Gasteiger partial charge in [0.15, 0.2) is 17.3 Å². The molecule has 0 aromatic heterocycles. The van der Waals surface area contributed by atoms with Crippen molar-refractivity contribution in [2.75, 3.05) is 46.1 Å². The van der Waals surface area contributed by atoms with E-state index < -0.39 is 0 Å². The predicted molar refractivity (Wildman–Crippen MR) is 118 cm³/mol. The molecule has 0 heterocycles. The zero-order valence-corrected chi connectivity index (χ0v) is 18.2. The lowest BCUT2D eigenvalue weighted by Crippen LogP contribution is -2.12. The fraction of sp³-hybridized carbons (Fsp3) is 0.348. The maximum Gasteiger partial charge on any atom is 0.204 e. The molecule has 0 aliphatic heterocycles. The Kier molecular flexibility index (Phi) is 7.15. The summed E-state index contributed by atoms with van der Waals surface area (Å²) in [5.74, 6) is 1.13. The molecular weight excluding hydrogens is 368 g/mol. The van der Waals surface area contributed by atoms with Crippen molar-refractivity contribution in [1.29, 1.82) is 0 Å². The number of rotatable bonds is 8. The summed E-state index contributed by atoms with van der Waals surface area (Å²) in [7, 11) is 8.44. The minimum atomic E-state index is -0.124. The van der Waals surface area contributed by atoms with Crippen molar-refractivity contribution in [3.63, 3.8) is 0 Å². The van der Waals surface area contributed by atoms with Gasteiger partial charge in [0.1, 0.15) is 0 Å². The second-order valence-electron chi connectivity index (χ2n) is 7.18. The number of nitrogen functional groups attached to an aromatic ring is 1. The number of nitrogens with zero attached hydrogens (tertiary/aromatic N) is 1. The van der Waals surface area contributed by atoms with Crippen molar-refractivity contribution in [2.24, 2.45) is 5.92 Å². The van der Waals surface area contributed by atoms with Gasteiger partial charge in [-0.3, -0.25) is 4.79 Å². The van der Waals surface area contributed by atoms with Crippen molar-refractivity contribution in [3.8, 4) is 17.2 Å². The van der Waals surface area contributed by atoms with Crippen LogP contribution in [0, 0.1) is 5.92 Å². The average molecular weight is 399 g/mol. The van der Waals surface area contributed by atoms with Crippen LogP contribution in [0.5, 0.6) is 17.2 Å². The molecule has 0 amide bonds. The van der Waals surface area contributed by atoms with Crippen LogP contribution in [0.4, 0.5) is 11.4 Å². The summed E-state index contributed by atoms with van der Waals surface area (Å²) in [5, 5.41) is 0. The lowest BCUT2D eigenvalue weighted by Gasteiger charge is -2.18. The highest BCUT2D eigenvalue weighted by Gasteiger charge is 2.24. The number of ether oxygens (including phenoxy) is 3. The average Bonchev–Trinajstić information content (AvgIpc) is 2.70. The number of carbonyl (C=O) groups is 1. The van der Waals surface area contributed by atoms with Gasteiger partial charge in [-0.05, 0) is 41.8 Å². The first kappa shape index (κ1) is 22.1. The van der Waals surface area contributed by atoms with E-state index in [0.29, 0.717) is 34.1 Å². The van der Waals surface area contributed by atoms with Gasteiger partial charge in [-0.25, -0.2) is 0 Å². The Labute approximate surface area is 172 Å². The normalized spacial score (nSPS) is 11.4. The van der Waals surface area contributed by atoms with Crippen molar-refractivity contribution >= 4 is 23.2 Å². The Morgan fingerprint density at radius 1 is 1.00 bits per heavy atom. The van der Waals surface area contributed by atoms with Gasteiger partial charge in [0.05, 0.1) is 38.3 Å². The molecule has 0 fully saturated rings. The molecule has 0 atom stereocenters. The molecule has 0 bridgehead atoms. The first-order valence-corrected chi connectivity index (χ1v) is 9.37. The van der Waals surface area contributed by atoms with Crippen LogP contribution in [0.15, 0.2) is 35.9 Å². The van der Waals surface area contributed by atoms with Crippen LogP contribution in [-0.2, 0) is 0 Å². The molecule has 156 valence electrons. The minimum Gasteiger partial charge on any atom is -0.493 e. The largest absolute Gasteiger partial charge is 0.493 e. The van der Waals surface area contributed by atoms with E-state index in [1.807, 2.05) is 57.1 Å². The van der Waals surface area contributed by atoms with E-state index in [2.05, 4.69) is 0 Å². The number of benzene rings is 2. The SMILES string of the molecule is COc1ccc(C(=O)C(=Cc2ccc(N)c(N(C)C)c2)C(C)C)c(OC)c1OC. The van der Waals surface area contributed by atoms with Gasteiger partial charge >= 0.3 is 0 Å². The second kappa shape index (κ2) is 9.37. The van der Waals surface area contributed by atoms with E-state index in [1.165, 1.54) is 14.2 Å². The highest BCUT2D eigenvalue weighted by Crippen LogP contribution is 2.41. The fourth-order valence-corrected chi connectivity index (χ4v) is 3.15. The molecule has 0 saturated carbocycles. The van der Waals surface area contributed by atoms with Gasteiger partial charge in [0, 0.05) is 19.7 Å². The number of ketones is 1. The van der Waals surface area contributed by atoms with E-state index in [9.17, 15) is 4.79 Å². The lowest BCUT2D eigenvalue weighted by molar-refractivity contribution is 0.102. The highest BCUT2D eigenvalue weighted by atomic mass is 16.5. The maximum absolute atomic E-state index is 13.4. The van der Waals surface area contributed by atoms with Crippen LogP contribution in [-0.4, -0.2) is 41.2 Å². The molecule has 6 nitrogen and oxygen atoms in total. The summed E-state index contributed by atoms with van der Waals surface area (Å²) in [4.78, 5) is 15.4. The summed E-state index contributed by atoms with van der Waals surface area (Å²) in [5.41, 5.74) is 9.63. The Bertz CT molecular complexity index is 917. The molecule has 2 aromatic carbocycles. The van der Waals surface area contributed by atoms with Crippen LogP contribution in [0.2, 0.25) is 0 Å². The summed E-state index contributed by atoms with van der Waals surface area (Å²) in [6.07, 6.45) is 1.90. The van der Waals surface area contributed by atoms with E-state index in [1.54, 1.807) is 19.2 Å². The quantitative estimate of drug-likeness (QED) is 0.406. The van der Waals surface area contributed by atoms with Gasteiger partial charge in [-0.15, -0.1) is 0 Å². The molecule has 2 aromatic rings.